The number of rotatable bonds is 4. The summed E-state index contributed by atoms with van der Waals surface area (Å²) in [7, 11) is 2.93. The molecule has 0 aliphatic heterocycles. The third-order valence-corrected chi connectivity index (χ3v) is 2.38. The summed E-state index contributed by atoms with van der Waals surface area (Å²) < 4.78 is 15.1. The largest absolute Gasteiger partial charge is 0.504 e. The SMILES string of the molecule is COc1cc(-c2noc(CN)n2)c(OC)cc1O. The van der Waals surface area contributed by atoms with E-state index in [0.29, 0.717) is 28.8 Å². The molecule has 0 saturated heterocycles. The second-order valence-electron chi connectivity index (χ2n) is 3.44. The lowest BCUT2D eigenvalue weighted by atomic mass is 10.1. The van der Waals surface area contributed by atoms with Crippen LogP contribution in [0.2, 0.25) is 0 Å². The summed E-state index contributed by atoms with van der Waals surface area (Å²) >= 11 is 0. The maximum absolute atomic E-state index is 9.66. The number of nitrogens with two attached hydrogens (primary N) is 1. The zero-order valence-electron chi connectivity index (χ0n) is 10.0. The topological polar surface area (TPSA) is 104 Å². The Morgan fingerprint density at radius 1 is 1.28 bits per heavy atom. The van der Waals surface area contributed by atoms with Crippen LogP contribution in [0.25, 0.3) is 11.4 Å². The van der Waals surface area contributed by atoms with Crippen LogP contribution in [0, 0.1) is 0 Å². The molecule has 7 heteroatoms. The molecule has 2 aromatic rings. The summed E-state index contributed by atoms with van der Waals surface area (Å²) in [5.41, 5.74) is 5.95. The van der Waals surface area contributed by atoms with E-state index in [2.05, 4.69) is 10.1 Å². The van der Waals surface area contributed by atoms with Crippen molar-refractivity contribution >= 4 is 0 Å². The molecule has 1 heterocycles. The zero-order valence-corrected chi connectivity index (χ0v) is 10.0. The average molecular weight is 251 g/mol. The molecule has 0 unspecified atom stereocenters. The lowest BCUT2D eigenvalue weighted by molar-refractivity contribution is 0.365. The van der Waals surface area contributed by atoms with Crippen molar-refractivity contribution in [1.29, 1.82) is 0 Å². The Kier molecular flexibility index (Phi) is 3.33. The number of hydrogen-bond acceptors (Lipinski definition) is 7. The third kappa shape index (κ3) is 2.07. The Balaban J connectivity index is 2.54. The number of benzene rings is 1. The Labute approximate surface area is 103 Å². The molecule has 96 valence electrons. The van der Waals surface area contributed by atoms with Gasteiger partial charge in [-0.2, -0.15) is 4.98 Å². The van der Waals surface area contributed by atoms with Gasteiger partial charge in [-0.15, -0.1) is 0 Å². The molecule has 0 atom stereocenters. The van der Waals surface area contributed by atoms with E-state index in [1.807, 2.05) is 0 Å². The van der Waals surface area contributed by atoms with Crippen molar-refractivity contribution in [2.45, 2.75) is 6.54 Å². The molecule has 0 amide bonds. The van der Waals surface area contributed by atoms with Gasteiger partial charge in [0.25, 0.3) is 0 Å². The number of phenols is 1. The molecule has 0 bridgehead atoms. The molecule has 18 heavy (non-hydrogen) atoms. The highest BCUT2D eigenvalue weighted by Gasteiger charge is 2.16. The van der Waals surface area contributed by atoms with Crippen LogP contribution >= 0.6 is 0 Å². The van der Waals surface area contributed by atoms with Crippen LogP contribution in [-0.4, -0.2) is 29.5 Å². The highest BCUT2D eigenvalue weighted by Crippen LogP contribution is 2.38. The van der Waals surface area contributed by atoms with E-state index >= 15 is 0 Å². The molecule has 0 aliphatic rings. The lowest BCUT2D eigenvalue weighted by Crippen LogP contribution is -1.96. The van der Waals surface area contributed by atoms with E-state index in [1.165, 1.54) is 20.3 Å². The monoisotopic (exact) mass is 251 g/mol. The van der Waals surface area contributed by atoms with Crippen molar-refractivity contribution < 1.29 is 19.1 Å². The van der Waals surface area contributed by atoms with Crippen molar-refractivity contribution in [3.05, 3.63) is 18.0 Å². The molecular formula is C11H13N3O4. The lowest BCUT2D eigenvalue weighted by Gasteiger charge is -2.09. The summed E-state index contributed by atoms with van der Waals surface area (Å²) in [5, 5.41) is 13.4. The Bertz CT molecular complexity index is 553. The highest BCUT2D eigenvalue weighted by molar-refractivity contribution is 5.69. The van der Waals surface area contributed by atoms with Crippen molar-refractivity contribution in [3.8, 4) is 28.6 Å². The van der Waals surface area contributed by atoms with E-state index in [4.69, 9.17) is 19.7 Å². The van der Waals surface area contributed by atoms with Gasteiger partial charge in [-0.25, -0.2) is 0 Å². The molecule has 0 radical (unpaired) electrons. The quantitative estimate of drug-likeness (QED) is 0.832. The predicted molar refractivity (Wildman–Crippen MR) is 62.4 cm³/mol. The maximum Gasteiger partial charge on any atom is 0.240 e. The number of phenolic OH excluding ortho intramolecular Hbond substituents is 1. The summed E-state index contributed by atoms with van der Waals surface area (Å²) in [6, 6.07) is 2.99. The molecule has 3 N–H and O–H groups in total. The van der Waals surface area contributed by atoms with Crippen LogP contribution in [0.5, 0.6) is 17.2 Å². The Morgan fingerprint density at radius 3 is 2.56 bits per heavy atom. The van der Waals surface area contributed by atoms with Crippen LogP contribution < -0.4 is 15.2 Å². The molecule has 0 spiro atoms. The van der Waals surface area contributed by atoms with Gasteiger partial charge in [-0.1, -0.05) is 5.16 Å². The first-order valence-corrected chi connectivity index (χ1v) is 5.17. The summed E-state index contributed by atoms with van der Waals surface area (Å²) in [4.78, 5) is 4.09. The van der Waals surface area contributed by atoms with Gasteiger partial charge >= 0.3 is 0 Å². The first kappa shape index (κ1) is 12.2. The number of nitrogens with zero attached hydrogens (tertiary/aromatic N) is 2. The second kappa shape index (κ2) is 4.92. The first-order valence-electron chi connectivity index (χ1n) is 5.17. The van der Waals surface area contributed by atoms with Crippen LogP contribution in [0.4, 0.5) is 0 Å². The van der Waals surface area contributed by atoms with Crippen LogP contribution in [0.1, 0.15) is 5.89 Å². The molecule has 0 fully saturated rings. The van der Waals surface area contributed by atoms with Gasteiger partial charge in [-0.3, -0.25) is 0 Å². The molecular weight excluding hydrogens is 238 g/mol. The van der Waals surface area contributed by atoms with E-state index in [-0.39, 0.29) is 12.3 Å². The molecule has 0 saturated carbocycles. The van der Waals surface area contributed by atoms with Gasteiger partial charge in [0.05, 0.1) is 26.3 Å². The minimum absolute atomic E-state index is 0.0272. The van der Waals surface area contributed by atoms with E-state index in [1.54, 1.807) is 6.07 Å². The Hall–Kier alpha value is -2.28. The fourth-order valence-corrected chi connectivity index (χ4v) is 1.50. The van der Waals surface area contributed by atoms with Crippen molar-refractivity contribution in [2.24, 2.45) is 5.73 Å². The fraction of sp³-hybridized carbons (Fsp3) is 0.273. The summed E-state index contributed by atoms with van der Waals surface area (Å²) in [5.74, 6) is 1.33. The van der Waals surface area contributed by atoms with Gasteiger partial charge < -0.3 is 24.8 Å². The predicted octanol–water partition coefficient (Wildman–Crippen LogP) is 0.918. The third-order valence-electron chi connectivity index (χ3n) is 2.38. The standard InChI is InChI=1S/C11H13N3O4/c1-16-8-4-7(15)9(17-2)3-6(8)11-13-10(5-12)18-14-11/h3-4,15H,5,12H2,1-2H3. The van der Waals surface area contributed by atoms with Gasteiger partial charge in [0.2, 0.25) is 11.7 Å². The molecule has 2 rings (SSSR count). The van der Waals surface area contributed by atoms with Crippen molar-refractivity contribution in [2.75, 3.05) is 14.2 Å². The highest BCUT2D eigenvalue weighted by atomic mass is 16.5. The normalized spacial score (nSPS) is 10.4. The van der Waals surface area contributed by atoms with Crippen molar-refractivity contribution in [1.82, 2.24) is 10.1 Å². The molecule has 1 aromatic heterocycles. The summed E-state index contributed by atoms with van der Waals surface area (Å²) in [6.45, 7) is 0.157. The van der Waals surface area contributed by atoms with Gasteiger partial charge in [0.1, 0.15) is 5.75 Å². The number of aromatic nitrogens is 2. The first-order chi connectivity index (χ1) is 8.69. The average Bonchev–Trinajstić information content (AvgIpc) is 2.87. The zero-order chi connectivity index (χ0) is 13.1. The van der Waals surface area contributed by atoms with Crippen LogP contribution in [0.15, 0.2) is 16.7 Å². The molecule has 7 nitrogen and oxygen atoms in total. The van der Waals surface area contributed by atoms with Crippen LogP contribution in [-0.2, 0) is 6.54 Å². The number of aromatic hydroxyl groups is 1. The van der Waals surface area contributed by atoms with Gasteiger partial charge in [0.15, 0.2) is 11.5 Å². The van der Waals surface area contributed by atoms with Gasteiger partial charge in [-0.05, 0) is 6.07 Å². The summed E-state index contributed by atoms with van der Waals surface area (Å²) in [6.07, 6.45) is 0. The minimum atomic E-state index is -0.0272. The number of hydrogen-bond donors (Lipinski definition) is 2. The van der Waals surface area contributed by atoms with Gasteiger partial charge in [0, 0.05) is 6.07 Å². The molecule has 0 aliphatic carbocycles. The van der Waals surface area contributed by atoms with Crippen molar-refractivity contribution in [3.63, 3.8) is 0 Å². The fourth-order valence-electron chi connectivity index (χ4n) is 1.50. The van der Waals surface area contributed by atoms with E-state index < -0.39 is 0 Å². The second-order valence-corrected chi connectivity index (χ2v) is 3.44. The van der Waals surface area contributed by atoms with E-state index in [9.17, 15) is 5.11 Å². The van der Waals surface area contributed by atoms with E-state index in [0.717, 1.165) is 0 Å². The smallest absolute Gasteiger partial charge is 0.240 e. The Morgan fingerprint density at radius 2 is 2.00 bits per heavy atom. The number of ether oxygens (including phenoxy) is 2. The minimum Gasteiger partial charge on any atom is -0.504 e. The maximum atomic E-state index is 9.66. The number of methoxy groups -OCH3 is 2. The van der Waals surface area contributed by atoms with Crippen LogP contribution in [0.3, 0.4) is 0 Å². The molecule has 1 aromatic carbocycles.